The number of benzene rings is 2. The van der Waals surface area contributed by atoms with Gasteiger partial charge in [0.1, 0.15) is 11.6 Å². The maximum atomic E-state index is 14.4. The summed E-state index contributed by atoms with van der Waals surface area (Å²) < 4.78 is 16.9. The van der Waals surface area contributed by atoms with Crippen LogP contribution in [0.4, 0.5) is 15.9 Å². The van der Waals surface area contributed by atoms with Gasteiger partial charge in [-0.1, -0.05) is 24.3 Å². The van der Waals surface area contributed by atoms with E-state index in [9.17, 15) is 4.39 Å². The van der Waals surface area contributed by atoms with Gasteiger partial charge < -0.3 is 15.1 Å². The molecular weight excluding hydrogens is 471 g/mol. The smallest absolute Gasteiger partial charge is 0.172 e. The quantitative estimate of drug-likeness (QED) is 0.437. The molecule has 0 bridgehead atoms. The van der Waals surface area contributed by atoms with Crippen molar-refractivity contribution in [2.24, 2.45) is 0 Å². The highest BCUT2D eigenvalue weighted by Gasteiger charge is 2.16. The zero-order valence-corrected chi connectivity index (χ0v) is 19.4. The predicted molar refractivity (Wildman–Crippen MR) is 130 cm³/mol. The van der Waals surface area contributed by atoms with Crippen molar-refractivity contribution in [3.05, 3.63) is 76.6 Å². The number of likely N-dealkylation sites (N-methyl/N-ethyl adjacent to an activating group) is 1. The molecule has 2 aromatic heterocycles. The van der Waals surface area contributed by atoms with Crippen LogP contribution in [-0.4, -0.2) is 52.7 Å². The molecule has 2 aromatic carbocycles. The molecule has 0 atom stereocenters. The van der Waals surface area contributed by atoms with Crippen LogP contribution in [0.1, 0.15) is 5.56 Å². The molecule has 0 unspecified atom stereocenters. The topological polar surface area (TPSA) is 48.7 Å². The minimum absolute atomic E-state index is 0.300. The lowest BCUT2D eigenvalue weighted by Gasteiger charge is -2.34. The molecule has 1 saturated heterocycles. The fourth-order valence-electron chi connectivity index (χ4n) is 3.99. The van der Waals surface area contributed by atoms with Crippen LogP contribution >= 0.6 is 15.9 Å². The molecule has 6 nitrogen and oxygen atoms in total. The van der Waals surface area contributed by atoms with Gasteiger partial charge in [0.15, 0.2) is 5.65 Å². The van der Waals surface area contributed by atoms with Gasteiger partial charge in [-0.25, -0.2) is 9.37 Å². The molecule has 0 saturated carbocycles. The third-order valence-electron chi connectivity index (χ3n) is 5.83. The average molecular weight is 495 g/mol. The molecule has 1 fully saturated rings. The molecule has 1 N–H and O–H groups in total. The predicted octanol–water partition coefficient (Wildman–Crippen LogP) is 4.66. The summed E-state index contributed by atoms with van der Waals surface area (Å²) in [5.74, 6) is 0.453. The minimum atomic E-state index is -0.300. The standard InChI is InChI=1S/C24H24BrFN6/c1-30-9-11-31(12-10-30)18-6-4-5-17(13-18)15-27-23-14-22(19-7-2-3-8-21(19)26)29-24-20(25)16-28-32(23)24/h2-8,13-14,16,27H,9-12,15H2,1H3. The van der Waals surface area contributed by atoms with Crippen molar-refractivity contribution >= 4 is 33.1 Å². The maximum absolute atomic E-state index is 14.4. The number of hydrogen-bond donors (Lipinski definition) is 1. The molecule has 0 aliphatic carbocycles. The van der Waals surface area contributed by atoms with Crippen LogP contribution in [0.25, 0.3) is 16.9 Å². The van der Waals surface area contributed by atoms with E-state index in [0.717, 1.165) is 36.5 Å². The minimum Gasteiger partial charge on any atom is -0.369 e. The zero-order valence-electron chi connectivity index (χ0n) is 17.8. The summed E-state index contributed by atoms with van der Waals surface area (Å²) in [7, 11) is 2.16. The Morgan fingerprint density at radius 1 is 1.03 bits per heavy atom. The van der Waals surface area contributed by atoms with Gasteiger partial charge in [0, 0.05) is 50.0 Å². The molecule has 3 heterocycles. The third kappa shape index (κ3) is 4.20. The van der Waals surface area contributed by atoms with E-state index >= 15 is 0 Å². The van der Waals surface area contributed by atoms with Crippen molar-refractivity contribution in [1.29, 1.82) is 0 Å². The summed E-state index contributed by atoms with van der Waals surface area (Å²) in [4.78, 5) is 9.40. The van der Waals surface area contributed by atoms with E-state index < -0.39 is 0 Å². The SMILES string of the molecule is CN1CCN(c2cccc(CNc3cc(-c4ccccc4F)nc4c(Br)cnn34)c2)CC1. The van der Waals surface area contributed by atoms with Gasteiger partial charge in [-0.15, -0.1) is 0 Å². The molecule has 5 rings (SSSR count). The largest absolute Gasteiger partial charge is 0.369 e. The fourth-order valence-corrected chi connectivity index (χ4v) is 4.34. The van der Waals surface area contributed by atoms with Gasteiger partial charge in [-0.2, -0.15) is 9.61 Å². The average Bonchev–Trinajstić information content (AvgIpc) is 3.19. The van der Waals surface area contributed by atoms with E-state index in [2.05, 4.69) is 72.4 Å². The van der Waals surface area contributed by atoms with Gasteiger partial charge in [0.25, 0.3) is 0 Å². The summed E-state index contributed by atoms with van der Waals surface area (Å²) in [5.41, 5.74) is 4.07. The summed E-state index contributed by atoms with van der Waals surface area (Å²) in [5, 5.41) is 7.90. The van der Waals surface area contributed by atoms with E-state index in [-0.39, 0.29) is 5.82 Å². The van der Waals surface area contributed by atoms with Crippen LogP contribution in [0, 0.1) is 5.82 Å². The molecule has 8 heteroatoms. The first-order valence-corrected chi connectivity index (χ1v) is 11.4. The number of nitrogens with zero attached hydrogens (tertiary/aromatic N) is 5. The number of hydrogen-bond acceptors (Lipinski definition) is 5. The number of halogens is 2. The summed E-state index contributed by atoms with van der Waals surface area (Å²) in [6, 6.07) is 17.1. The van der Waals surface area contributed by atoms with Crippen LogP contribution in [0.2, 0.25) is 0 Å². The van der Waals surface area contributed by atoms with E-state index in [0.29, 0.717) is 23.4 Å². The van der Waals surface area contributed by atoms with Crippen molar-refractivity contribution in [3.8, 4) is 11.3 Å². The molecule has 0 radical (unpaired) electrons. The second-order valence-electron chi connectivity index (χ2n) is 8.05. The Morgan fingerprint density at radius 3 is 2.66 bits per heavy atom. The normalized spacial score (nSPS) is 14.8. The molecule has 1 aliphatic rings. The highest BCUT2D eigenvalue weighted by Crippen LogP contribution is 2.28. The number of rotatable bonds is 5. The fraction of sp³-hybridized carbons (Fsp3) is 0.250. The van der Waals surface area contributed by atoms with Crippen molar-refractivity contribution in [3.63, 3.8) is 0 Å². The highest BCUT2D eigenvalue weighted by molar-refractivity contribution is 9.10. The first-order valence-electron chi connectivity index (χ1n) is 10.6. The van der Waals surface area contributed by atoms with Gasteiger partial charge in [-0.05, 0) is 52.8 Å². The summed E-state index contributed by atoms with van der Waals surface area (Å²) in [6.07, 6.45) is 1.70. The van der Waals surface area contributed by atoms with E-state index in [1.807, 2.05) is 12.1 Å². The number of nitrogens with one attached hydrogen (secondary N) is 1. The Balaban J connectivity index is 1.42. The van der Waals surface area contributed by atoms with Crippen molar-refractivity contribution < 1.29 is 4.39 Å². The lowest BCUT2D eigenvalue weighted by atomic mass is 10.1. The first kappa shape index (κ1) is 20.9. The molecule has 0 amide bonds. The number of anilines is 2. The Bertz CT molecular complexity index is 1250. The molecule has 164 valence electrons. The Kier molecular flexibility index (Phi) is 5.80. The van der Waals surface area contributed by atoms with Crippen molar-refractivity contribution in [2.75, 3.05) is 43.4 Å². The van der Waals surface area contributed by atoms with Crippen LogP contribution in [-0.2, 0) is 6.54 Å². The highest BCUT2D eigenvalue weighted by atomic mass is 79.9. The molecule has 0 spiro atoms. The summed E-state index contributed by atoms with van der Waals surface area (Å²) >= 11 is 3.50. The monoisotopic (exact) mass is 494 g/mol. The van der Waals surface area contributed by atoms with Crippen LogP contribution in [0.3, 0.4) is 0 Å². The van der Waals surface area contributed by atoms with Gasteiger partial charge in [0.05, 0.1) is 16.4 Å². The Hall–Kier alpha value is -2.97. The number of aromatic nitrogens is 3. The summed E-state index contributed by atoms with van der Waals surface area (Å²) in [6.45, 7) is 4.83. The van der Waals surface area contributed by atoms with E-state index in [1.165, 1.54) is 17.3 Å². The second-order valence-corrected chi connectivity index (χ2v) is 8.90. The number of piperazine rings is 1. The third-order valence-corrected chi connectivity index (χ3v) is 6.39. The number of fused-ring (bicyclic) bond motifs is 1. The lowest BCUT2D eigenvalue weighted by Crippen LogP contribution is -2.44. The Morgan fingerprint density at radius 2 is 1.84 bits per heavy atom. The van der Waals surface area contributed by atoms with Crippen LogP contribution in [0.15, 0.2) is 65.3 Å². The van der Waals surface area contributed by atoms with Crippen LogP contribution in [0.5, 0.6) is 0 Å². The van der Waals surface area contributed by atoms with E-state index in [4.69, 9.17) is 0 Å². The second kappa shape index (κ2) is 8.88. The van der Waals surface area contributed by atoms with Crippen LogP contribution < -0.4 is 10.2 Å². The lowest BCUT2D eigenvalue weighted by molar-refractivity contribution is 0.313. The van der Waals surface area contributed by atoms with Gasteiger partial charge in [0.2, 0.25) is 0 Å². The van der Waals surface area contributed by atoms with Gasteiger partial charge >= 0.3 is 0 Å². The molecule has 4 aromatic rings. The zero-order chi connectivity index (χ0) is 22.1. The molecule has 32 heavy (non-hydrogen) atoms. The van der Waals surface area contributed by atoms with Gasteiger partial charge in [-0.3, -0.25) is 0 Å². The van der Waals surface area contributed by atoms with Crippen molar-refractivity contribution in [2.45, 2.75) is 6.54 Å². The van der Waals surface area contributed by atoms with E-state index in [1.54, 1.807) is 22.8 Å². The Labute approximate surface area is 194 Å². The molecular formula is C24H24BrFN6. The first-order chi connectivity index (χ1) is 15.6. The maximum Gasteiger partial charge on any atom is 0.172 e. The molecule has 1 aliphatic heterocycles. The van der Waals surface area contributed by atoms with Crippen molar-refractivity contribution in [1.82, 2.24) is 19.5 Å².